The molecule has 1 heterocycles. The second-order valence-electron chi connectivity index (χ2n) is 4.99. The van der Waals surface area contributed by atoms with Crippen molar-refractivity contribution in [3.05, 3.63) is 57.3 Å². The second kappa shape index (κ2) is 10.6. The van der Waals surface area contributed by atoms with Gasteiger partial charge in [0, 0.05) is 16.3 Å². The maximum absolute atomic E-state index is 9.36. The number of halogens is 1. The molecular formula is C17H24IN3OS. The molecule has 0 aliphatic heterocycles. The minimum atomic E-state index is 0. The molecule has 0 atom stereocenters. The summed E-state index contributed by atoms with van der Waals surface area (Å²) in [6.45, 7) is 6.34. The minimum absolute atomic E-state index is 0. The number of thiophene rings is 1. The molecule has 1 aromatic heterocycles. The fourth-order valence-electron chi connectivity index (χ4n) is 2.12. The summed E-state index contributed by atoms with van der Waals surface area (Å²) in [5.41, 5.74) is 1.98. The predicted molar refractivity (Wildman–Crippen MR) is 108 cm³/mol. The summed E-state index contributed by atoms with van der Waals surface area (Å²) in [5, 5.41) is 16.0. The minimum Gasteiger partial charge on any atom is -0.392 e. The summed E-state index contributed by atoms with van der Waals surface area (Å²) in [4.78, 5) is 7.21. The molecule has 0 bridgehead atoms. The number of nitrogens with one attached hydrogen (secondary N) is 2. The van der Waals surface area contributed by atoms with Gasteiger partial charge in [0.25, 0.3) is 0 Å². The first-order valence-electron chi connectivity index (χ1n) is 7.48. The molecule has 23 heavy (non-hydrogen) atoms. The number of rotatable bonds is 6. The normalized spacial score (nSPS) is 11.0. The van der Waals surface area contributed by atoms with Gasteiger partial charge >= 0.3 is 0 Å². The van der Waals surface area contributed by atoms with Crippen LogP contribution in [0.3, 0.4) is 0 Å². The van der Waals surface area contributed by atoms with Crippen LogP contribution in [0.1, 0.15) is 27.8 Å². The van der Waals surface area contributed by atoms with Crippen LogP contribution in [0.15, 0.2) is 41.4 Å². The van der Waals surface area contributed by atoms with Crippen molar-refractivity contribution in [2.45, 2.75) is 33.5 Å². The maximum Gasteiger partial charge on any atom is 0.191 e. The van der Waals surface area contributed by atoms with E-state index in [1.807, 2.05) is 31.2 Å². The standard InChI is InChI=1S/C17H23N3OS.HI/c1-3-18-17(20-11-16-9-8-13(2)22-16)19-10-14-6-4-5-7-15(14)12-21;/h4-9,21H,3,10-12H2,1-2H3,(H2,18,19,20);1H. The summed E-state index contributed by atoms with van der Waals surface area (Å²) in [6, 6.07) is 12.1. The molecule has 0 fully saturated rings. The van der Waals surface area contributed by atoms with Gasteiger partial charge in [0.2, 0.25) is 0 Å². The van der Waals surface area contributed by atoms with Crippen LogP contribution in [0.4, 0.5) is 0 Å². The lowest BCUT2D eigenvalue weighted by molar-refractivity contribution is 0.280. The van der Waals surface area contributed by atoms with E-state index in [1.54, 1.807) is 11.3 Å². The van der Waals surface area contributed by atoms with Crippen molar-refractivity contribution in [1.29, 1.82) is 0 Å². The molecule has 0 saturated heterocycles. The van der Waals surface area contributed by atoms with E-state index in [1.165, 1.54) is 9.75 Å². The van der Waals surface area contributed by atoms with Gasteiger partial charge in [-0.1, -0.05) is 24.3 Å². The first-order valence-corrected chi connectivity index (χ1v) is 8.29. The highest BCUT2D eigenvalue weighted by Crippen LogP contribution is 2.14. The van der Waals surface area contributed by atoms with E-state index in [9.17, 15) is 5.11 Å². The Morgan fingerprint density at radius 3 is 2.48 bits per heavy atom. The molecule has 0 unspecified atom stereocenters. The van der Waals surface area contributed by atoms with Crippen molar-refractivity contribution >= 4 is 41.3 Å². The molecule has 2 rings (SSSR count). The zero-order chi connectivity index (χ0) is 15.8. The lowest BCUT2D eigenvalue weighted by Crippen LogP contribution is -2.36. The molecule has 2 aromatic rings. The Hall–Kier alpha value is -1.12. The molecule has 0 radical (unpaired) electrons. The number of hydrogen-bond acceptors (Lipinski definition) is 3. The molecule has 1 aromatic carbocycles. The molecular weight excluding hydrogens is 421 g/mol. The van der Waals surface area contributed by atoms with Crippen LogP contribution in [0, 0.1) is 6.92 Å². The van der Waals surface area contributed by atoms with Gasteiger partial charge in [0.15, 0.2) is 5.96 Å². The van der Waals surface area contributed by atoms with Crippen LogP contribution < -0.4 is 10.6 Å². The molecule has 0 amide bonds. The zero-order valence-corrected chi connectivity index (χ0v) is 16.7. The molecule has 4 nitrogen and oxygen atoms in total. The summed E-state index contributed by atoms with van der Waals surface area (Å²) in [7, 11) is 0. The van der Waals surface area contributed by atoms with Gasteiger partial charge in [-0.25, -0.2) is 4.99 Å². The average molecular weight is 445 g/mol. The molecule has 0 aliphatic rings. The van der Waals surface area contributed by atoms with E-state index in [-0.39, 0.29) is 30.6 Å². The van der Waals surface area contributed by atoms with Crippen molar-refractivity contribution in [2.24, 2.45) is 4.99 Å². The number of nitrogens with zero attached hydrogens (tertiary/aromatic N) is 1. The highest BCUT2D eigenvalue weighted by atomic mass is 127. The fraction of sp³-hybridized carbons (Fsp3) is 0.353. The molecule has 0 saturated carbocycles. The third kappa shape index (κ3) is 6.48. The van der Waals surface area contributed by atoms with Crippen molar-refractivity contribution in [3.8, 4) is 0 Å². The van der Waals surface area contributed by atoms with E-state index in [4.69, 9.17) is 0 Å². The number of aryl methyl sites for hydroxylation is 1. The van der Waals surface area contributed by atoms with Crippen molar-refractivity contribution in [2.75, 3.05) is 6.54 Å². The van der Waals surface area contributed by atoms with Gasteiger partial charge in [-0.2, -0.15) is 0 Å². The first kappa shape index (κ1) is 19.9. The quantitative estimate of drug-likeness (QED) is 0.363. The Labute approximate surface area is 159 Å². The number of benzene rings is 1. The predicted octanol–water partition coefficient (Wildman–Crippen LogP) is 3.42. The SMILES string of the molecule is CCNC(=NCc1ccccc1CO)NCc1ccc(C)s1.I. The Morgan fingerprint density at radius 1 is 1.13 bits per heavy atom. The van der Waals surface area contributed by atoms with Crippen molar-refractivity contribution < 1.29 is 5.11 Å². The number of aliphatic imine (C=N–C) groups is 1. The highest BCUT2D eigenvalue weighted by Gasteiger charge is 2.02. The van der Waals surface area contributed by atoms with Crippen molar-refractivity contribution in [3.63, 3.8) is 0 Å². The van der Waals surface area contributed by atoms with Crippen LogP contribution in [-0.2, 0) is 19.7 Å². The summed E-state index contributed by atoms with van der Waals surface area (Å²) in [6.07, 6.45) is 0. The van der Waals surface area contributed by atoms with E-state index < -0.39 is 0 Å². The maximum atomic E-state index is 9.36. The summed E-state index contributed by atoms with van der Waals surface area (Å²) >= 11 is 1.79. The lowest BCUT2D eigenvalue weighted by atomic mass is 10.1. The Balaban J connectivity index is 0.00000264. The van der Waals surface area contributed by atoms with Crippen molar-refractivity contribution in [1.82, 2.24) is 10.6 Å². The molecule has 0 spiro atoms. The van der Waals surface area contributed by atoms with Gasteiger partial charge in [0.1, 0.15) is 0 Å². The van der Waals surface area contributed by atoms with Gasteiger partial charge < -0.3 is 15.7 Å². The number of hydrogen-bond donors (Lipinski definition) is 3. The average Bonchev–Trinajstić information content (AvgIpc) is 2.96. The second-order valence-corrected chi connectivity index (χ2v) is 6.36. The number of guanidine groups is 1. The van der Waals surface area contributed by atoms with Crippen LogP contribution >= 0.6 is 35.3 Å². The number of aliphatic hydroxyl groups excluding tert-OH is 1. The fourth-order valence-corrected chi connectivity index (χ4v) is 2.95. The van der Waals surface area contributed by atoms with E-state index in [2.05, 4.69) is 34.7 Å². The molecule has 6 heteroatoms. The number of aliphatic hydroxyl groups is 1. The Morgan fingerprint density at radius 2 is 1.87 bits per heavy atom. The molecule has 3 N–H and O–H groups in total. The van der Waals surface area contributed by atoms with Gasteiger partial charge in [-0.3, -0.25) is 0 Å². The van der Waals surface area contributed by atoms with Gasteiger partial charge in [-0.05, 0) is 37.1 Å². The van der Waals surface area contributed by atoms with E-state index in [0.29, 0.717) is 6.54 Å². The highest BCUT2D eigenvalue weighted by molar-refractivity contribution is 14.0. The van der Waals surface area contributed by atoms with Gasteiger partial charge in [-0.15, -0.1) is 35.3 Å². The van der Waals surface area contributed by atoms with Crippen LogP contribution in [0.2, 0.25) is 0 Å². The topological polar surface area (TPSA) is 56.7 Å². The lowest BCUT2D eigenvalue weighted by Gasteiger charge is -2.11. The van der Waals surface area contributed by atoms with Crippen LogP contribution in [0.5, 0.6) is 0 Å². The molecule has 126 valence electrons. The van der Waals surface area contributed by atoms with Gasteiger partial charge in [0.05, 0.1) is 19.7 Å². The van der Waals surface area contributed by atoms with E-state index >= 15 is 0 Å². The Kier molecular flexibility index (Phi) is 9.20. The zero-order valence-electron chi connectivity index (χ0n) is 13.5. The smallest absolute Gasteiger partial charge is 0.191 e. The first-order chi connectivity index (χ1) is 10.7. The van der Waals surface area contributed by atoms with E-state index in [0.717, 1.165) is 30.2 Å². The van der Waals surface area contributed by atoms with Crippen LogP contribution in [-0.4, -0.2) is 17.6 Å². The third-order valence-electron chi connectivity index (χ3n) is 3.27. The third-order valence-corrected chi connectivity index (χ3v) is 4.27. The summed E-state index contributed by atoms with van der Waals surface area (Å²) in [5.74, 6) is 0.793. The van der Waals surface area contributed by atoms with Crippen LogP contribution in [0.25, 0.3) is 0 Å². The largest absolute Gasteiger partial charge is 0.392 e. The monoisotopic (exact) mass is 445 g/mol. The Bertz CT molecular complexity index is 628. The summed E-state index contributed by atoms with van der Waals surface area (Å²) < 4.78 is 0. The molecule has 0 aliphatic carbocycles.